The molecule has 0 radical (unpaired) electrons. The fourth-order valence-corrected chi connectivity index (χ4v) is 5.61. The van der Waals surface area contributed by atoms with Crippen LogP contribution in [-0.4, -0.2) is 76.0 Å². The predicted octanol–water partition coefficient (Wildman–Crippen LogP) is 3.08. The monoisotopic (exact) mass is 751 g/mol. The Kier molecular flexibility index (Phi) is 16.1. The number of aromatic nitrogens is 2. The Bertz CT molecular complexity index is 1710. The molecule has 2 aromatic carbocycles. The maximum absolute atomic E-state index is 14.2. The number of ether oxygens (including phenoxy) is 2. The van der Waals surface area contributed by atoms with Gasteiger partial charge in [0.05, 0.1) is 0 Å². The SMILES string of the molecule is Cc1cc(O)cc(C)c1C[C@@H](NC(=O)[C@@H](CCCN=C(N)N)OC(N)=O)C(=O)N[C@@H](CCCCNC(=O)OC(C)(C)C)c1nc(Cc2ccccc2)no1. The van der Waals surface area contributed by atoms with E-state index in [4.69, 9.17) is 31.2 Å². The fourth-order valence-electron chi connectivity index (χ4n) is 5.61. The van der Waals surface area contributed by atoms with Crippen LogP contribution < -0.4 is 33.2 Å². The van der Waals surface area contributed by atoms with E-state index >= 15 is 0 Å². The number of phenolic OH excluding ortho intramolecular Hbond substituents is 1. The topological polar surface area (TPSA) is 272 Å². The van der Waals surface area contributed by atoms with Crippen molar-refractivity contribution in [1.29, 1.82) is 0 Å². The lowest BCUT2D eigenvalue weighted by Crippen LogP contribution is -2.52. The van der Waals surface area contributed by atoms with Crippen LogP contribution in [0.4, 0.5) is 9.59 Å². The second-order valence-electron chi connectivity index (χ2n) is 13.9. The van der Waals surface area contributed by atoms with Gasteiger partial charge in [-0.3, -0.25) is 14.6 Å². The minimum atomic E-state index is -1.35. The molecule has 1 aromatic heterocycles. The van der Waals surface area contributed by atoms with Crippen LogP contribution in [0.25, 0.3) is 0 Å². The highest BCUT2D eigenvalue weighted by Crippen LogP contribution is 2.24. The first kappa shape index (κ1) is 42.5. The average Bonchev–Trinajstić information content (AvgIpc) is 3.53. The Morgan fingerprint density at radius 1 is 0.944 bits per heavy atom. The van der Waals surface area contributed by atoms with E-state index in [1.165, 1.54) is 0 Å². The van der Waals surface area contributed by atoms with Gasteiger partial charge in [0, 0.05) is 25.9 Å². The van der Waals surface area contributed by atoms with E-state index in [1.54, 1.807) is 46.8 Å². The molecule has 3 rings (SSSR count). The summed E-state index contributed by atoms with van der Waals surface area (Å²) in [6.07, 6.45) is -0.967. The van der Waals surface area contributed by atoms with E-state index in [0.29, 0.717) is 54.7 Å². The minimum absolute atomic E-state index is 0.0163. The number of guanidine groups is 1. The van der Waals surface area contributed by atoms with Gasteiger partial charge >= 0.3 is 12.2 Å². The average molecular weight is 752 g/mol. The standard InChI is InChI=1S/C37H53N9O8/c1-22-18-25(47)19-23(2)26(22)21-28(44-32(49)29(52-35(40)50)15-11-17-41-34(38)39)31(48)43-27(14-9-10-16-42-36(51)53-37(3,4)5)33-45-30(46-54-33)20-24-12-7-6-8-13-24/h6-8,12-13,18-19,27-29,47H,9-11,14-17,20-21H2,1-5H3,(H2,40,50)(H,42,51)(H,43,48)(H,44,49)(H4,38,39,41)/t27-,28+,29+/m0/s1. The molecule has 0 saturated heterocycles. The number of benzene rings is 2. The van der Waals surface area contributed by atoms with E-state index in [2.05, 4.69) is 31.1 Å². The molecular weight excluding hydrogens is 698 g/mol. The maximum atomic E-state index is 14.2. The van der Waals surface area contributed by atoms with Crippen LogP contribution >= 0.6 is 0 Å². The zero-order chi connectivity index (χ0) is 39.8. The van der Waals surface area contributed by atoms with Crippen molar-refractivity contribution in [3.8, 4) is 5.75 Å². The van der Waals surface area contributed by atoms with Gasteiger partial charge in [-0.1, -0.05) is 35.5 Å². The number of alkyl carbamates (subject to hydrolysis) is 1. The summed E-state index contributed by atoms with van der Waals surface area (Å²) < 4.78 is 16.1. The summed E-state index contributed by atoms with van der Waals surface area (Å²) in [5.74, 6) is -0.863. The van der Waals surface area contributed by atoms with Crippen LogP contribution in [0.5, 0.6) is 5.75 Å². The summed E-state index contributed by atoms with van der Waals surface area (Å²) in [6, 6.07) is 10.7. The number of hydrogen-bond acceptors (Lipinski definition) is 11. The third-order valence-corrected chi connectivity index (χ3v) is 8.08. The molecule has 54 heavy (non-hydrogen) atoms. The number of hydrogen-bond donors (Lipinski definition) is 7. The van der Waals surface area contributed by atoms with E-state index < -0.39 is 47.8 Å². The summed E-state index contributed by atoms with van der Waals surface area (Å²) in [6.45, 7) is 9.37. The lowest BCUT2D eigenvalue weighted by Gasteiger charge is -2.25. The highest BCUT2D eigenvalue weighted by Gasteiger charge is 2.31. The van der Waals surface area contributed by atoms with Crippen molar-refractivity contribution in [2.75, 3.05) is 13.1 Å². The first-order valence-corrected chi connectivity index (χ1v) is 17.7. The van der Waals surface area contributed by atoms with Gasteiger partial charge in [-0.2, -0.15) is 4.98 Å². The molecule has 3 aromatic rings. The minimum Gasteiger partial charge on any atom is -0.508 e. The van der Waals surface area contributed by atoms with Crippen molar-refractivity contribution in [3.63, 3.8) is 0 Å². The van der Waals surface area contributed by atoms with Crippen molar-refractivity contribution in [2.45, 2.75) is 103 Å². The quantitative estimate of drug-likeness (QED) is 0.0529. The molecule has 0 aliphatic rings. The summed E-state index contributed by atoms with van der Waals surface area (Å²) in [5.41, 5.74) is 18.5. The first-order valence-electron chi connectivity index (χ1n) is 17.7. The Morgan fingerprint density at radius 2 is 1.63 bits per heavy atom. The maximum Gasteiger partial charge on any atom is 0.407 e. The van der Waals surface area contributed by atoms with Crippen LogP contribution in [-0.2, 0) is 31.9 Å². The number of primary amides is 1. The molecule has 294 valence electrons. The van der Waals surface area contributed by atoms with E-state index in [0.717, 1.165) is 5.56 Å². The second kappa shape index (κ2) is 20.4. The van der Waals surface area contributed by atoms with Crippen molar-refractivity contribution >= 4 is 30.0 Å². The summed E-state index contributed by atoms with van der Waals surface area (Å²) in [5, 5.41) is 22.7. The Morgan fingerprint density at radius 3 is 2.26 bits per heavy atom. The molecule has 0 bridgehead atoms. The van der Waals surface area contributed by atoms with Crippen molar-refractivity contribution < 1.29 is 38.3 Å². The molecular formula is C37H53N9O8. The third-order valence-electron chi connectivity index (χ3n) is 8.08. The van der Waals surface area contributed by atoms with Gasteiger partial charge in [-0.15, -0.1) is 0 Å². The lowest BCUT2D eigenvalue weighted by atomic mass is 9.95. The van der Waals surface area contributed by atoms with Crippen LogP contribution in [0.2, 0.25) is 0 Å². The van der Waals surface area contributed by atoms with Crippen LogP contribution in [0.1, 0.15) is 92.9 Å². The summed E-state index contributed by atoms with van der Waals surface area (Å²) in [7, 11) is 0. The second-order valence-corrected chi connectivity index (χ2v) is 13.9. The fraction of sp³-hybridized carbons (Fsp3) is 0.486. The first-order chi connectivity index (χ1) is 25.5. The van der Waals surface area contributed by atoms with E-state index in [1.807, 2.05) is 30.3 Å². The number of amides is 4. The number of nitrogens with two attached hydrogens (primary N) is 3. The number of aliphatic imine (C=N–C) groups is 1. The van der Waals surface area contributed by atoms with Gasteiger partial charge in [-0.25, -0.2) is 9.59 Å². The predicted molar refractivity (Wildman–Crippen MR) is 200 cm³/mol. The molecule has 0 fully saturated rings. The smallest absolute Gasteiger partial charge is 0.407 e. The van der Waals surface area contributed by atoms with Gasteiger partial charge in [0.25, 0.3) is 5.91 Å². The summed E-state index contributed by atoms with van der Waals surface area (Å²) in [4.78, 5) is 60.2. The number of aryl methyl sites for hydroxylation is 2. The van der Waals surface area contributed by atoms with Crippen molar-refractivity contribution in [2.24, 2.45) is 22.2 Å². The van der Waals surface area contributed by atoms with Gasteiger partial charge < -0.3 is 52.3 Å². The molecule has 0 aliphatic heterocycles. The molecule has 3 atom stereocenters. The Balaban J connectivity index is 1.87. The van der Waals surface area contributed by atoms with E-state index in [9.17, 15) is 24.3 Å². The number of carbonyl (C=O) groups excluding carboxylic acids is 4. The number of phenols is 1. The number of rotatable bonds is 19. The van der Waals surface area contributed by atoms with Gasteiger partial charge in [-0.05, 0) is 101 Å². The number of nitrogens with zero attached hydrogens (tertiary/aromatic N) is 3. The van der Waals surface area contributed by atoms with Crippen LogP contribution in [0.15, 0.2) is 52.0 Å². The molecule has 17 nitrogen and oxygen atoms in total. The highest BCUT2D eigenvalue weighted by atomic mass is 16.6. The Labute approximate surface area is 314 Å². The number of nitrogens with one attached hydrogen (secondary N) is 3. The molecule has 10 N–H and O–H groups in total. The van der Waals surface area contributed by atoms with Crippen molar-refractivity contribution in [3.05, 3.63) is 76.4 Å². The molecule has 0 unspecified atom stereocenters. The largest absolute Gasteiger partial charge is 0.508 e. The van der Waals surface area contributed by atoms with Gasteiger partial charge in [0.2, 0.25) is 11.8 Å². The molecule has 0 saturated carbocycles. The summed E-state index contributed by atoms with van der Waals surface area (Å²) >= 11 is 0. The number of unbranched alkanes of at least 4 members (excludes halogenated alkanes) is 1. The van der Waals surface area contributed by atoms with E-state index in [-0.39, 0.29) is 43.4 Å². The van der Waals surface area contributed by atoms with Crippen LogP contribution in [0, 0.1) is 13.8 Å². The number of aromatic hydroxyl groups is 1. The molecule has 1 heterocycles. The van der Waals surface area contributed by atoms with Crippen molar-refractivity contribution in [1.82, 2.24) is 26.1 Å². The van der Waals surface area contributed by atoms with Crippen LogP contribution in [0.3, 0.4) is 0 Å². The molecule has 0 spiro atoms. The normalized spacial score (nSPS) is 12.8. The molecule has 4 amide bonds. The van der Waals surface area contributed by atoms with Gasteiger partial charge in [0.15, 0.2) is 17.9 Å². The molecule has 17 heteroatoms. The lowest BCUT2D eigenvalue weighted by molar-refractivity contribution is -0.134. The zero-order valence-electron chi connectivity index (χ0n) is 31.5. The highest BCUT2D eigenvalue weighted by molar-refractivity contribution is 5.90. The molecule has 0 aliphatic carbocycles. The Hall–Kier alpha value is -5.87. The zero-order valence-corrected chi connectivity index (χ0v) is 31.5. The third kappa shape index (κ3) is 15.0. The number of carbonyl (C=O) groups is 4. The van der Waals surface area contributed by atoms with Gasteiger partial charge in [0.1, 0.15) is 23.4 Å².